The van der Waals surface area contributed by atoms with E-state index in [0.29, 0.717) is 18.7 Å². The zero-order valence-corrected chi connectivity index (χ0v) is 47.4. The summed E-state index contributed by atoms with van der Waals surface area (Å²) >= 11 is 5.83. The van der Waals surface area contributed by atoms with Gasteiger partial charge in [0.2, 0.25) is 59.1 Å². The van der Waals surface area contributed by atoms with Gasteiger partial charge in [-0.25, -0.2) is 0 Å². The number of likely N-dealkylation sites (N-methyl/N-ethyl adjacent to an activating group) is 1. The Kier molecular flexibility index (Phi) is 28.8. The highest BCUT2D eigenvalue weighted by Gasteiger charge is 2.44. The first-order valence-corrected chi connectivity index (χ1v) is 27.2. The third-order valence-corrected chi connectivity index (χ3v) is 13.9. The average molecular weight is 1150 g/mol. The number of aliphatic hydroxyl groups excluding tert-OH is 2. The van der Waals surface area contributed by atoms with Gasteiger partial charge in [0.05, 0.1) is 31.4 Å². The van der Waals surface area contributed by atoms with E-state index in [4.69, 9.17) is 28.8 Å². The van der Waals surface area contributed by atoms with Crippen molar-refractivity contribution in [1.29, 1.82) is 0 Å². The Hall–Kier alpha value is -7.20. The highest BCUT2D eigenvalue weighted by molar-refractivity contribution is 6.17. The SMILES string of the molecule is CC=C1NC(=O)C(CC(N)=O)NC(=O)C(=CC)NC(=O)C(C(C)C)NC(=O)C(O)C(C(C)CCCCCCCCCl)NC(=O)C2CCCN2C(=O)C(CC(N)=O)N(C)C(=O)C(C(C)O)NC(=O)C(C)NC(=O)C(CC(N)=O)NC1=O. The molecule has 2 rings (SSSR count). The molecule has 80 heavy (non-hydrogen) atoms. The fraction of sp³-hybridized carbons (Fsp3) is 0.667. The lowest BCUT2D eigenvalue weighted by atomic mass is 9.90. The number of nitrogens with two attached hydrogens (primary N) is 3. The Balaban J connectivity index is 2.80. The van der Waals surface area contributed by atoms with E-state index in [9.17, 15) is 72.5 Å². The van der Waals surface area contributed by atoms with Gasteiger partial charge >= 0.3 is 0 Å². The quantitative estimate of drug-likeness (QED) is 0.0381. The van der Waals surface area contributed by atoms with E-state index in [-0.39, 0.29) is 19.4 Å². The second-order valence-electron chi connectivity index (χ2n) is 20.3. The number of unbranched alkanes of at least 4 members (excludes halogenated alkanes) is 5. The Morgan fingerprint density at radius 1 is 0.637 bits per heavy atom. The van der Waals surface area contributed by atoms with E-state index in [1.165, 1.54) is 13.8 Å². The molecule has 29 heteroatoms. The van der Waals surface area contributed by atoms with Crippen LogP contribution in [0.15, 0.2) is 23.5 Å². The lowest BCUT2D eigenvalue weighted by Crippen LogP contribution is -2.62. The molecule has 0 aromatic heterocycles. The van der Waals surface area contributed by atoms with E-state index >= 15 is 0 Å². The van der Waals surface area contributed by atoms with E-state index in [1.807, 2.05) is 0 Å². The molecule has 0 bridgehead atoms. The summed E-state index contributed by atoms with van der Waals surface area (Å²) < 4.78 is 0. The van der Waals surface area contributed by atoms with Crippen LogP contribution < -0.4 is 59.7 Å². The summed E-state index contributed by atoms with van der Waals surface area (Å²) in [7, 11) is 1.09. The monoisotopic (exact) mass is 1150 g/mol. The number of fused-ring (bicyclic) bond motifs is 1. The molecule has 0 aromatic rings. The molecule has 2 heterocycles. The smallest absolute Gasteiger partial charge is 0.268 e. The fourth-order valence-corrected chi connectivity index (χ4v) is 9.10. The molecule has 11 unspecified atom stereocenters. The number of aliphatic hydroxyl groups is 2. The number of allylic oxidation sites excluding steroid dienone is 2. The summed E-state index contributed by atoms with van der Waals surface area (Å²) in [5.41, 5.74) is 15.3. The first-order chi connectivity index (χ1) is 37.5. The Bertz CT molecular complexity index is 2350. The van der Waals surface area contributed by atoms with Crippen LogP contribution in [0.25, 0.3) is 0 Å². The van der Waals surface area contributed by atoms with Crippen molar-refractivity contribution >= 4 is 88.4 Å². The van der Waals surface area contributed by atoms with Gasteiger partial charge in [-0.05, 0) is 65.2 Å². The zero-order valence-electron chi connectivity index (χ0n) is 46.7. The molecule has 28 nitrogen and oxygen atoms in total. The molecule has 0 aliphatic carbocycles. The van der Waals surface area contributed by atoms with Crippen molar-refractivity contribution in [2.75, 3.05) is 19.5 Å². The van der Waals surface area contributed by atoms with Crippen LogP contribution in [-0.2, 0) is 62.3 Å². The van der Waals surface area contributed by atoms with Crippen LogP contribution in [0.4, 0.5) is 0 Å². The molecule has 13 amide bonds. The Labute approximate surface area is 470 Å². The predicted molar refractivity (Wildman–Crippen MR) is 289 cm³/mol. The highest BCUT2D eigenvalue weighted by atomic mass is 35.5. The van der Waals surface area contributed by atoms with Crippen molar-refractivity contribution < 1.29 is 72.5 Å². The van der Waals surface area contributed by atoms with E-state index in [2.05, 4.69) is 42.5 Å². The van der Waals surface area contributed by atoms with Gasteiger partial charge in [-0.2, -0.15) is 0 Å². The highest BCUT2D eigenvalue weighted by Crippen LogP contribution is 2.24. The second-order valence-corrected chi connectivity index (χ2v) is 20.7. The van der Waals surface area contributed by atoms with Crippen LogP contribution in [0, 0.1) is 11.8 Å². The third-order valence-electron chi connectivity index (χ3n) is 13.6. The average Bonchev–Trinajstić information content (AvgIpc) is 3.89. The number of nitrogens with one attached hydrogen (secondary N) is 8. The number of rotatable bonds is 17. The van der Waals surface area contributed by atoms with Gasteiger partial charge in [0, 0.05) is 19.5 Å². The van der Waals surface area contributed by atoms with Gasteiger partial charge in [-0.3, -0.25) is 62.3 Å². The first kappa shape index (κ1) is 68.9. The van der Waals surface area contributed by atoms with Crippen LogP contribution in [0.1, 0.15) is 126 Å². The van der Waals surface area contributed by atoms with Crippen molar-refractivity contribution in [3.63, 3.8) is 0 Å². The van der Waals surface area contributed by atoms with Gasteiger partial charge in [0.15, 0.2) is 6.10 Å². The van der Waals surface area contributed by atoms with E-state index < -0.39 is 180 Å². The summed E-state index contributed by atoms with van der Waals surface area (Å²) in [6, 6.07) is -13.0. The lowest BCUT2D eigenvalue weighted by Gasteiger charge is -2.36. The maximum atomic E-state index is 14.6. The number of amides is 13. The van der Waals surface area contributed by atoms with Crippen molar-refractivity contribution in [2.45, 2.75) is 186 Å². The Morgan fingerprint density at radius 3 is 1.64 bits per heavy atom. The molecule has 16 N–H and O–H groups in total. The van der Waals surface area contributed by atoms with Crippen molar-refractivity contribution in [1.82, 2.24) is 52.3 Å². The van der Waals surface area contributed by atoms with Crippen LogP contribution in [0.5, 0.6) is 0 Å². The van der Waals surface area contributed by atoms with Crippen molar-refractivity contribution in [3.05, 3.63) is 23.5 Å². The summed E-state index contributed by atoms with van der Waals surface area (Å²) in [6.45, 7) is 9.57. The molecule has 0 spiro atoms. The van der Waals surface area contributed by atoms with Crippen LogP contribution >= 0.6 is 11.6 Å². The minimum Gasteiger partial charge on any atom is -0.391 e. The molecule has 11 atom stereocenters. The maximum Gasteiger partial charge on any atom is 0.268 e. The standard InChI is InChI=1S/C51H82ClN13O15/c1-9-29-43(72)59-31(22-35(53)67)45(74)56-27(6)42(71)63-40(28(7)66)51(80)64(8)34(24-37(55)69)50(79)65-21-17-19-33(65)47(76)62-39(26(5)18-15-13-11-12-14-16-20-52)41(70)49(78)61-38(25(3)4)48(77)58-30(10-2)44(73)60-32(23-36(54)68)46(75)57-29/h9-10,25-28,31-34,38-41,66,70H,11-24H2,1-8H3,(H2,53,67)(H2,54,68)(H2,55,69)(H,56,74)(H,57,75)(H,58,77)(H,59,72)(H,60,73)(H,61,78)(H,62,76)(H,63,71). The topological polar surface area (TPSA) is 443 Å². The summed E-state index contributed by atoms with van der Waals surface area (Å²) in [5, 5.41) is 41.5. The second kappa shape index (κ2) is 33.4. The number of hydrogen-bond donors (Lipinski definition) is 13. The van der Waals surface area contributed by atoms with Gasteiger partial charge in [0.25, 0.3) is 17.7 Å². The van der Waals surface area contributed by atoms with Gasteiger partial charge in [0.1, 0.15) is 53.7 Å². The van der Waals surface area contributed by atoms with E-state index in [0.717, 1.165) is 75.0 Å². The van der Waals surface area contributed by atoms with Gasteiger partial charge in [-0.15, -0.1) is 11.6 Å². The number of primary amides is 3. The molecule has 0 saturated carbocycles. The summed E-state index contributed by atoms with van der Waals surface area (Å²) in [5.74, 6) is -15.0. The molecule has 448 valence electrons. The molecule has 2 aliphatic heterocycles. The number of carbonyl (C=O) groups is 13. The normalized spacial score (nSPS) is 27.1. The molecular formula is C51H82ClN13O15. The van der Waals surface area contributed by atoms with Crippen LogP contribution in [0.2, 0.25) is 0 Å². The number of hydrogen-bond acceptors (Lipinski definition) is 15. The van der Waals surface area contributed by atoms with Crippen LogP contribution in [0.3, 0.4) is 0 Å². The number of carbonyl (C=O) groups excluding carboxylic acids is 13. The van der Waals surface area contributed by atoms with E-state index in [1.54, 1.807) is 20.8 Å². The largest absolute Gasteiger partial charge is 0.391 e. The summed E-state index contributed by atoms with van der Waals surface area (Å²) in [4.78, 5) is 178. The molecule has 2 saturated heterocycles. The molecule has 2 fully saturated rings. The molecule has 2 aliphatic rings. The molecule has 0 radical (unpaired) electrons. The lowest BCUT2D eigenvalue weighted by molar-refractivity contribution is -0.151. The molecule has 0 aromatic carbocycles. The fourth-order valence-electron chi connectivity index (χ4n) is 8.91. The van der Waals surface area contributed by atoms with Crippen molar-refractivity contribution in [3.8, 4) is 0 Å². The zero-order chi connectivity index (χ0) is 60.7. The number of nitrogens with zero attached hydrogens (tertiary/aromatic N) is 2. The summed E-state index contributed by atoms with van der Waals surface area (Å²) in [6.07, 6.45) is 1.51. The Morgan fingerprint density at radius 2 is 1.14 bits per heavy atom. The minimum atomic E-state index is -2.03. The van der Waals surface area contributed by atoms with Crippen molar-refractivity contribution in [2.24, 2.45) is 29.0 Å². The number of alkyl halides is 1. The van der Waals surface area contributed by atoms with Gasteiger partial charge in [-0.1, -0.05) is 65.0 Å². The predicted octanol–water partition coefficient (Wildman–Crippen LogP) is -3.58. The van der Waals surface area contributed by atoms with Crippen LogP contribution in [-0.4, -0.2) is 177 Å². The third kappa shape index (κ3) is 21.1. The minimum absolute atomic E-state index is 0.0467. The maximum absolute atomic E-state index is 14.6. The number of halogens is 1. The molecular weight excluding hydrogens is 1070 g/mol. The first-order valence-electron chi connectivity index (χ1n) is 26.6. The van der Waals surface area contributed by atoms with Gasteiger partial charge < -0.3 is 79.7 Å².